The van der Waals surface area contributed by atoms with Crippen molar-refractivity contribution >= 4 is 28.4 Å². The fraction of sp³-hybridized carbons (Fsp3) is 0.176. The van der Waals surface area contributed by atoms with Gasteiger partial charge in [-0.1, -0.05) is 42.5 Å². The molecule has 6 heteroatoms. The molecule has 0 aliphatic heterocycles. The summed E-state index contributed by atoms with van der Waals surface area (Å²) in [6, 6.07) is 16.0. The highest BCUT2D eigenvalue weighted by atomic mass is 127. The minimum absolute atomic E-state index is 0.0796. The minimum Gasteiger partial charge on any atom is -0.294 e. The number of benzene rings is 2. The Balaban J connectivity index is 2.34. The Hall–Kier alpha value is -2.27. The van der Waals surface area contributed by atoms with Crippen LogP contribution in [-0.2, 0) is 0 Å². The maximum absolute atomic E-state index is 12.4. The molecule has 5 nitrogen and oxygen atoms in total. The van der Waals surface area contributed by atoms with Crippen molar-refractivity contribution in [2.45, 2.75) is 18.4 Å². The first-order valence-corrected chi connectivity index (χ1v) is 7.97. The Bertz CT molecular complexity index is 739. The number of nitriles is 1. The van der Waals surface area contributed by atoms with Crippen LogP contribution in [0.5, 0.6) is 0 Å². The lowest BCUT2D eigenvalue weighted by atomic mass is 9.86. The van der Waals surface area contributed by atoms with Crippen molar-refractivity contribution in [3.8, 4) is 6.07 Å². The van der Waals surface area contributed by atoms with Gasteiger partial charge >= 0.3 is 6.04 Å². The van der Waals surface area contributed by atoms with Gasteiger partial charge in [0, 0.05) is 20.5 Å². The van der Waals surface area contributed by atoms with E-state index in [-0.39, 0.29) is 12.2 Å². The third kappa shape index (κ3) is 4.36. The van der Waals surface area contributed by atoms with Crippen LogP contribution in [0.15, 0.2) is 54.6 Å². The maximum atomic E-state index is 12.4. The molecule has 2 unspecified atom stereocenters. The van der Waals surface area contributed by atoms with Crippen LogP contribution >= 0.6 is 22.6 Å². The number of rotatable bonds is 6. The summed E-state index contributed by atoms with van der Waals surface area (Å²) in [6.07, 6.45) is -0.0796. The monoisotopic (exact) mass is 420 g/mol. The smallest absolute Gasteiger partial charge is 0.294 e. The number of hydrogen-bond donors (Lipinski definition) is 0. The zero-order valence-corrected chi connectivity index (χ0v) is 14.2. The van der Waals surface area contributed by atoms with Gasteiger partial charge in [-0.05, 0) is 40.3 Å². The predicted octanol–water partition coefficient (Wildman–Crippen LogP) is 3.82. The molecule has 0 saturated heterocycles. The summed E-state index contributed by atoms with van der Waals surface area (Å²) in [5.74, 6) is -0.990. The van der Waals surface area contributed by atoms with Crippen molar-refractivity contribution in [1.82, 2.24) is 0 Å². The molecule has 0 amide bonds. The van der Waals surface area contributed by atoms with E-state index in [0.29, 0.717) is 11.1 Å². The third-order valence-electron chi connectivity index (χ3n) is 3.54. The van der Waals surface area contributed by atoms with Crippen LogP contribution in [0.2, 0.25) is 0 Å². The van der Waals surface area contributed by atoms with Crippen molar-refractivity contribution in [2.24, 2.45) is 0 Å². The summed E-state index contributed by atoms with van der Waals surface area (Å²) in [6.45, 7) is 0. The van der Waals surface area contributed by atoms with Crippen LogP contribution in [-0.4, -0.2) is 16.7 Å². The van der Waals surface area contributed by atoms with E-state index in [1.165, 1.54) is 0 Å². The summed E-state index contributed by atoms with van der Waals surface area (Å²) >= 11 is 2.13. The normalized spacial score (nSPS) is 12.9. The molecule has 0 aromatic heterocycles. The molecule has 0 N–H and O–H groups in total. The van der Waals surface area contributed by atoms with Gasteiger partial charge in [0.05, 0.1) is 5.92 Å². The van der Waals surface area contributed by atoms with E-state index in [1.54, 1.807) is 48.5 Å². The molecule has 0 heterocycles. The van der Waals surface area contributed by atoms with Gasteiger partial charge in [0.15, 0.2) is 5.78 Å². The number of carbonyl (C=O) groups is 1. The molecule has 0 spiro atoms. The van der Waals surface area contributed by atoms with Gasteiger partial charge in [-0.25, -0.2) is 0 Å². The third-order valence-corrected chi connectivity index (χ3v) is 4.26. The van der Waals surface area contributed by atoms with Gasteiger partial charge in [0.25, 0.3) is 0 Å². The fourth-order valence-electron chi connectivity index (χ4n) is 2.35. The van der Waals surface area contributed by atoms with E-state index in [2.05, 4.69) is 22.6 Å². The Labute approximate surface area is 147 Å². The van der Waals surface area contributed by atoms with Gasteiger partial charge in [-0.2, -0.15) is 5.26 Å². The van der Waals surface area contributed by atoms with E-state index in [1.807, 2.05) is 12.1 Å². The van der Waals surface area contributed by atoms with E-state index in [4.69, 9.17) is 5.26 Å². The number of nitrogens with zero attached hydrogens (tertiary/aromatic N) is 2. The largest absolute Gasteiger partial charge is 0.303 e. The highest BCUT2D eigenvalue weighted by Gasteiger charge is 2.34. The molecule has 0 aliphatic rings. The first kappa shape index (κ1) is 17.1. The lowest BCUT2D eigenvalue weighted by Crippen LogP contribution is -2.28. The van der Waals surface area contributed by atoms with Crippen LogP contribution in [0.4, 0.5) is 0 Å². The lowest BCUT2D eigenvalue weighted by molar-refractivity contribution is -0.510. The highest BCUT2D eigenvalue weighted by Crippen LogP contribution is 2.27. The average molecular weight is 420 g/mol. The van der Waals surface area contributed by atoms with Crippen molar-refractivity contribution in [2.75, 3.05) is 0 Å². The highest BCUT2D eigenvalue weighted by molar-refractivity contribution is 14.1. The van der Waals surface area contributed by atoms with Gasteiger partial charge < -0.3 is 0 Å². The average Bonchev–Trinajstić information content (AvgIpc) is 2.56. The zero-order chi connectivity index (χ0) is 16.8. The second-order valence-electron chi connectivity index (χ2n) is 5.01. The topological polar surface area (TPSA) is 84.0 Å². The number of Topliss-reactive ketones (excluding diaryl/α,β-unsaturated/α-hetero) is 1. The maximum Gasteiger partial charge on any atom is 0.303 e. The molecule has 2 aromatic carbocycles. The van der Waals surface area contributed by atoms with Gasteiger partial charge in [0.1, 0.15) is 6.07 Å². The molecule has 2 atom stereocenters. The Morgan fingerprint density at radius 1 is 1.17 bits per heavy atom. The van der Waals surface area contributed by atoms with Crippen molar-refractivity contribution < 1.29 is 9.72 Å². The summed E-state index contributed by atoms with van der Waals surface area (Å²) in [4.78, 5) is 23.0. The van der Waals surface area contributed by atoms with E-state index in [0.717, 1.165) is 3.57 Å². The van der Waals surface area contributed by atoms with Crippen LogP contribution in [0, 0.1) is 25.0 Å². The number of hydrogen-bond acceptors (Lipinski definition) is 4. The molecule has 23 heavy (non-hydrogen) atoms. The van der Waals surface area contributed by atoms with Gasteiger partial charge in [0.2, 0.25) is 0 Å². The number of nitro groups is 1. The minimum atomic E-state index is -1.46. The quantitative estimate of drug-likeness (QED) is 0.308. The standard InChI is InChI=1S/C17H13IN2O3/c18-14-8-6-12(7-9-14)15(16(11-19)20(22)23)10-17(21)13-4-2-1-3-5-13/h1-9,15-16H,10H2. The molecule has 0 radical (unpaired) electrons. The molecule has 0 bridgehead atoms. The van der Waals surface area contributed by atoms with Gasteiger partial charge in [-0.15, -0.1) is 0 Å². The summed E-state index contributed by atoms with van der Waals surface area (Å²) in [5, 5.41) is 20.4. The fourth-order valence-corrected chi connectivity index (χ4v) is 2.71. The number of ketones is 1. The Morgan fingerprint density at radius 2 is 1.78 bits per heavy atom. The van der Waals surface area contributed by atoms with Crippen molar-refractivity contribution in [3.05, 3.63) is 79.4 Å². The SMILES string of the molecule is N#CC(C(CC(=O)c1ccccc1)c1ccc(I)cc1)[N+](=O)[O-]. The Kier molecular flexibility index (Phi) is 5.82. The van der Waals surface area contributed by atoms with E-state index in [9.17, 15) is 14.9 Å². The second-order valence-corrected chi connectivity index (χ2v) is 6.26. The molecular weight excluding hydrogens is 407 g/mol. The van der Waals surface area contributed by atoms with Crippen molar-refractivity contribution in [1.29, 1.82) is 5.26 Å². The molecule has 0 aliphatic carbocycles. The Morgan fingerprint density at radius 3 is 2.30 bits per heavy atom. The predicted molar refractivity (Wildman–Crippen MR) is 93.7 cm³/mol. The summed E-state index contributed by atoms with van der Waals surface area (Å²) in [5.41, 5.74) is 1.11. The van der Waals surface area contributed by atoms with Crippen LogP contribution in [0.1, 0.15) is 28.3 Å². The van der Waals surface area contributed by atoms with Gasteiger partial charge in [-0.3, -0.25) is 14.9 Å². The van der Waals surface area contributed by atoms with Crippen LogP contribution < -0.4 is 0 Å². The molecule has 0 saturated carbocycles. The number of carbonyl (C=O) groups excluding carboxylic acids is 1. The second kappa shape index (κ2) is 7.83. The molecule has 0 fully saturated rings. The molecule has 116 valence electrons. The first-order valence-electron chi connectivity index (χ1n) is 6.89. The zero-order valence-electron chi connectivity index (χ0n) is 12.1. The molecular formula is C17H13IN2O3. The summed E-state index contributed by atoms with van der Waals surface area (Å²) < 4.78 is 0.981. The van der Waals surface area contributed by atoms with Crippen LogP contribution in [0.3, 0.4) is 0 Å². The first-order chi connectivity index (χ1) is 11.0. The van der Waals surface area contributed by atoms with E-state index >= 15 is 0 Å². The van der Waals surface area contributed by atoms with E-state index < -0.39 is 16.9 Å². The number of halogens is 1. The van der Waals surface area contributed by atoms with Crippen LogP contribution in [0.25, 0.3) is 0 Å². The molecule has 2 rings (SSSR count). The van der Waals surface area contributed by atoms with Crippen molar-refractivity contribution in [3.63, 3.8) is 0 Å². The lowest BCUT2D eigenvalue weighted by Gasteiger charge is -2.16. The molecule has 2 aromatic rings. The summed E-state index contributed by atoms with van der Waals surface area (Å²) in [7, 11) is 0.